The SMILES string of the molecule is CONC(=O)CCc1ccc2ccccc2c1. The summed E-state index contributed by atoms with van der Waals surface area (Å²) in [6.45, 7) is 0. The molecule has 3 heteroatoms. The Bertz CT molecular complexity index is 522. The van der Waals surface area contributed by atoms with Gasteiger partial charge in [-0.05, 0) is 22.8 Å². The van der Waals surface area contributed by atoms with Gasteiger partial charge in [-0.3, -0.25) is 9.63 Å². The van der Waals surface area contributed by atoms with E-state index in [0.717, 1.165) is 12.0 Å². The van der Waals surface area contributed by atoms with Gasteiger partial charge in [-0.25, -0.2) is 5.48 Å². The molecule has 0 spiro atoms. The molecule has 0 fully saturated rings. The number of fused-ring (bicyclic) bond motifs is 1. The monoisotopic (exact) mass is 229 g/mol. The molecule has 1 N–H and O–H groups in total. The number of hydrogen-bond acceptors (Lipinski definition) is 2. The smallest absolute Gasteiger partial charge is 0.243 e. The molecule has 17 heavy (non-hydrogen) atoms. The average molecular weight is 229 g/mol. The fourth-order valence-corrected chi connectivity index (χ4v) is 1.82. The highest BCUT2D eigenvalue weighted by Crippen LogP contribution is 2.16. The Labute approximate surface area is 100 Å². The molecule has 0 saturated carbocycles. The van der Waals surface area contributed by atoms with Crippen LogP contribution in [0.15, 0.2) is 42.5 Å². The fraction of sp³-hybridized carbons (Fsp3) is 0.214. The third kappa shape index (κ3) is 3.04. The van der Waals surface area contributed by atoms with E-state index >= 15 is 0 Å². The van der Waals surface area contributed by atoms with Crippen LogP contribution >= 0.6 is 0 Å². The lowest BCUT2D eigenvalue weighted by Crippen LogP contribution is -2.21. The Kier molecular flexibility index (Phi) is 3.73. The molecule has 2 aromatic carbocycles. The lowest BCUT2D eigenvalue weighted by atomic mass is 10.0. The van der Waals surface area contributed by atoms with Gasteiger partial charge in [-0.2, -0.15) is 0 Å². The summed E-state index contributed by atoms with van der Waals surface area (Å²) in [5, 5.41) is 2.43. The second-order valence-electron chi connectivity index (χ2n) is 3.91. The van der Waals surface area contributed by atoms with Gasteiger partial charge in [0, 0.05) is 6.42 Å². The van der Waals surface area contributed by atoms with Crippen molar-refractivity contribution in [1.82, 2.24) is 5.48 Å². The number of nitrogens with one attached hydrogen (secondary N) is 1. The van der Waals surface area contributed by atoms with E-state index in [0.29, 0.717) is 6.42 Å². The highest BCUT2D eigenvalue weighted by molar-refractivity contribution is 5.83. The predicted molar refractivity (Wildman–Crippen MR) is 67.4 cm³/mol. The number of amides is 1. The molecule has 1 amide bonds. The normalized spacial score (nSPS) is 10.4. The van der Waals surface area contributed by atoms with Crippen LogP contribution in [0.3, 0.4) is 0 Å². The second kappa shape index (κ2) is 5.46. The van der Waals surface area contributed by atoms with E-state index in [9.17, 15) is 4.79 Å². The van der Waals surface area contributed by atoms with Crippen molar-refractivity contribution in [2.75, 3.05) is 7.11 Å². The Hall–Kier alpha value is -1.87. The van der Waals surface area contributed by atoms with Gasteiger partial charge in [0.05, 0.1) is 7.11 Å². The summed E-state index contributed by atoms with van der Waals surface area (Å²) in [7, 11) is 1.44. The van der Waals surface area contributed by atoms with Crippen molar-refractivity contribution >= 4 is 16.7 Å². The van der Waals surface area contributed by atoms with Crippen LogP contribution in [0.1, 0.15) is 12.0 Å². The van der Waals surface area contributed by atoms with Crippen molar-refractivity contribution in [2.45, 2.75) is 12.8 Å². The predicted octanol–water partition coefficient (Wildman–Crippen LogP) is 2.45. The van der Waals surface area contributed by atoms with Crippen LogP contribution < -0.4 is 5.48 Å². The number of benzene rings is 2. The van der Waals surface area contributed by atoms with E-state index < -0.39 is 0 Å². The summed E-state index contributed by atoms with van der Waals surface area (Å²) in [6.07, 6.45) is 1.16. The Balaban J connectivity index is 2.06. The first-order chi connectivity index (χ1) is 8.29. The molecule has 0 unspecified atom stereocenters. The molecule has 0 heterocycles. The summed E-state index contributed by atoms with van der Waals surface area (Å²) in [5.74, 6) is -0.0966. The molecule has 0 bridgehead atoms. The van der Waals surface area contributed by atoms with Crippen molar-refractivity contribution in [3.63, 3.8) is 0 Å². The lowest BCUT2D eigenvalue weighted by Gasteiger charge is -2.04. The summed E-state index contributed by atoms with van der Waals surface area (Å²) in [6, 6.07) is 14.5. The van der Waals surface area contributed by atoms with E-state index in [1.807, 2.05) is 12.1 Å². The van der Waals surface area contributed by atoms with Gasteiger partial charge in [0.15, 0.2) is 0 Å². The minimum absolute atomic E-state index is 0.0966. The van der Waals surface area contributed by atoms with Crippen LogP contribution in [0.4, 0.5) is 0 Å². The van der Waals surface area contributed by atoms with Gasteiger partial charge in [0.2, 0.25) is 5.91 Å². The van der Waals surface area contributed by atoms with Crippen LogP contribution in [0.5, 0.6) is 0 Å². The number of carbonyl (C=O) groups excluding carboxylic acids is 1. The fourth-order valence-electron chi connectivity index (χ4n) is 1.82. The molecule has 0 aliphatic heterocycles. The minimum atomic E-state index is -0.0966. The van der Waals surface area contributed by atoms with Gasteiger partial charge in [-0.1, -0.05) is 42.5 Å². The molecule has 2 rings (SSSR count). The molecule has 0 saturated heterocycles. The van der Waals surface area contributed by atoms with Crippen molar-refractivity contribution in [3.8, 4) is 0 Å². The summed E-state index contributed by atoms with van der Waals surface area (Å²) < 4.78 is 0. The number of rotatable bonds is 4. The van der Waals surface area contributed by atoms with Gasteiger partial charge >= 0.3 is 0 Å². The topological polar surface area (TPSA) is 38.3 Å². The van der Waals surface area contributed by atoms with Crippen LogP contribution in [0.2, 0.25) is 0 Å². The highest BCUT2D eigenvalue weighted by Gasteiger charge is 2.02. The maximum absolute atomic E-state index is 11.2. The molecule has 0 aliphatic rings. The molecule has 0 aliphatic carbocycles. The van der Waals surface area contributed by atoms with E-state index in [1.165, 1.54) is 17.9 Å². The number of hydrogen-bond donors (Lipinski definition) is 1. The molecular weight excluding hydrogens is 214 g/mol. The first kappa shape index (κ1) is 11.6. The Morgan fingerprint density at radius 2 is 1.94 bits per heavy atom. The van der Waals surface area contributed by atoms with E-state index in [2.05, 4.69) is 40.6 Å². The van der Waals surface area contributed by atoms with Crippen molar-refractivity contribution in [1.29, 1.82) is 0 Å². The third-order valence-corrected chi connectivity index (χ3v) is 2.67. The molecule has 0 aromatic heterocycles. The van der Waals surface area contributed by atoms with E-state index in [4.69, 9.17) is 0 Å². The van der Waals surface area contributed by atoms with Crippen LogP contribution in [0, 0.1) is 0 Å². The Morgan fingerprint density at radius 1 is 1.18 bits per heavy atom. The average Bonchev–Trinajstić information content (AvgIpc) is 2.36. The molecule has 88 valence electrons. The van der Waals surface area contributed by atoms with Crippen molar-refractivity contribution in [2.24, 2.45) is 0 Å². The van der Waals surface area contributed by atoms with Crippen molar-refractivity contribution < 1.29 is 9.63 Å². The molecule has 2 aromatic rings. The molecule has 0 atom stereocenters. The summed E-state index contributed by atoms with van der Waals surface area (Å²) >= 11 is 0. The molecule has 3 nitrogen and oxygen atoms in total. The first-order valence-corrected chi connectivity index (χ1v) is 5.59. The number of aryl methyl sites for hydroxylation is 1. The molecule has 0 radical (unpaired) electrons. The second-order valence-corrected chi connectivity index (χ2v) is 3.91. The van der Waals surface area contributed by atoms with Gasteiger partial charge < -0.3 is 0 Å². The maximum Gasteiger partial charge on any atom is 0.243 e. The van der Waals surface area contributed by atoms with Gasteiger partial charge in [0.25, 0.3) is 0 Å². The van der Waals surface area contributed by atoms with E-state index in [1.54, 1.807) is 0 Å². The van der Waals surface area contributed by atoms with Crippen LogP contribution in [-0.4, -0.2) is 13.0 Å². The maximum atomic E-state index is 11.2. The quantitative estimate of drug-likeness (QED) is 0.818. The third-order valence-electron chi connectivity index (χ3n) is 2.67. The first-order valence-electron chi connectivity index (χ1n) is 5.59. The summed E-state index contributed by atoms with van der Waals surface area (Å²) in [5.41, 5.74) is 3.48. The van der Waals surface area contributed by atoms with Gasteiger partial charge in [-0.15, -0.1) is 0 Å². The van der Waals surface area contributed by atoms with Crippen LogP contribution in [0.25, 0.3) is 10.8 Å². The zero-order valence-electron chi connectivity index (χ0n) is 9.77. The molecular formula is C14H15NO2. The largest absolute Gasteiger partial charge is 0.277 e. The van der Waals surface area contributed by atoms with E-state index in [-0.39, 0.29) is 5.91 Å². The lowest BCUT2D eigenvalue weighted by molar-refractivity contribution is -0.131. The minimum Gasteiger partial charge on any atom is -0.277 e. The summed E-state index contributed by atoms with van der Waals surface area (Å²) in [4.78, 5) is 15.8. The zero-order chi connectivity index (χ0) is 12.1. The van der Waals surface area contributed by atoms with Crippen molar-refractivity contribution in [3.05, 3.63) is 48.0 Å². The number of carbonyl (C=O) groups is 1. The van der Waals surface area contributed by atoms with Crippen LogP contribution in [-0.2, 0) is 16.1 Å². The highest BCUT2D eigenvalue weighted by atomic mass is 16.6. The Morgan fingerprint density at radius 3 is 2.71 bits per heavy atom. The number of hydroxylamine groups is 1. The van der Waals surface area contributed by atoms with Gasteiger partial charge in [0.1, 0.15) is 0 Å². The zero-order valence-corrected chi connectivity index (χ0v) is 9.77. The standard InChI is InChI=1S/C14H15NO2/c1-17-15-14(16)9-7-11-6-8-12-4-2-3-5-13(12)10-11/h2-6,8,10H,7,9H2,1H3,(H,15,16).